The second-order valence-corrected chi connectivity index (χ2v) is 7.96. The van der Waals surface area contributed by atoms with Crippen molar-refractivity contribution in [2.24, 2.45) is 0 Å². The second-order valence-electron chi connectivity index (χ2n) is 6.21. The van der Waals surface area contributed by atoms with Gasteiger partial charge in [-0.1, -0.05) is 28.1 Å². The highest BCUT2D eigenvalue weighted by Gasteiger charge is 2.26. The van der Waals surface area contributed by atoms with Gasteiger partial charge in [0, 0.05) is 29.1 Å². The van der Waals surface area contributed by atoms with Crippen molar-refractivity contribution in [2.45, 2.75) is 18.9 Å². The third-order valence-corrected chi connectivity index (χ3v) is 5.62. The highest BCUT2D eigenvalue weighted by Crippen LogP contribution is 2.29. The van der Waals surface area contributed by atoms with Crippen molar-refractivity contribution in [3.8, 4) is 11.3 Å². The van der Waals surface area contributed by atoms with Gasteiger partial charge in [-0.2, -0.15) is 0 Å². The number of hydrogen-bond acceptors (Lipinski definition) is 6. The molecule has 1 saturated heterocycles. The van der Waals surface area contributed by atoms with Crippen LogP contribution in [0.1, 0.15) is 12.8 Å². The van der Waals surface area contributed by atoms with Crippen LogP contribution >= 0.6 is 27.3 Å². The maximum Gasteiger partial charge on any atom is 0.254 e. The Bertz CT molecular complexity index is 732. The molecule has 146 valence electrons. The Morgan fingerprint density at radius 2 is 2.19 bits per heavy atom. The number of amides is 1. The fraction of sp³-hybridized carbons (Fsp3) is 0.474. The summed E-state index contributed by atoms with van der Waals surface area (Å²) in [7, 11) is 1.61. The van der Waals surface area contributed by atoms with Crippen LogP contribution in [-0.2, 0) is 19.0 Å². The highest BCUT2D eigenvalue weighted by atomic mass is 79.9. The first-order valence-electron chi connectivity index (χ1n) is 8.87. The number of carbonyl (C=O) groups is 1. The summed E-state index contributed by atoms with van der Waals surface area (Å²) in [6.45, 7) is 2.10. The van der Waals surface area contributed by atoms with Crippen LogP contribution in [0.5, 0.6) is 0 Å². The van der Waals surface area contributed by atoms with Crippen molar-refractivity contribution in [1.29, 1.82) is 0 Å². The molecule has 1 atom stereocenters. The molecule has 27 heavy (non-hydrogen) atoms. The van der Waals surface area contributed by atoms with Crippen LogP contribution in [0, 0.1) is 0 Å². The number of benzene rings is 1. The molecule has 1 aliphatic rings. The van der Waals surface area contributed by atoms with E-state index >= 15 is 0 Å². The standard InChI is InChI=1S/C19H23BrN2O4S/c1-24-9-10-25-12-18(23)22(11-16-3-2-8-26-16)19-21-17(13-27-19)14-4-6-15(20)7-5-14/h4-7,13,16H,2-3,8-12H2,1H3. The van der Waals surface area contributed by atoms with E-state index in [4.69, 9.17) is 19.2 Å². The number of methoxy groups -OCH3 is 1. The third kappa shape index (κ3) is 5.83. The Labute approximate surface area is 171 Å². The Kier molecular flexibility index (Phi) is 7.78. The van der Waals surface area contributed by atoms with E-state index in [2.05, 4.69) is 15.9 Å². The minimum Gasteiger partial charge on any atom is -0.382 e. The SMILES string of the molecule is COCCOCC(=O)N(CC1CCCO1)c1nc(-c2ccc(Br)cc2)cs1. The molecule has 1 amide bonds. The van der Waals surface area contributed by atoms with E-state index < -0.39 is 0 Å². The molecule has 1 aromatic carbocycles. The zero-order valence-corrected chi connectivity index (χ0v) is 17.6. The topological polar surface area (TPSA) is 60.9 Å². The average Bonchev–Trinajstić information content (AvgIpc) is 3.35. The largest absolute Gasteiger partial charge is 0.382 e. The van der Waals surface area contributed by atoms with Crippen molar-refractivity contribution < 1.29 is 19.0 Å². The van der Waals surface area contributed by atoms with Gasteiger partial charge < -0.3 is 14.2 Å². The van der Waals surface area contributed by atoms with Gasteiger partial charge in [-0.05, 0) is 25.0 Å². The normalized spacial score (nSPS) is 16.6. The number of anilines is 1. The van der Waals surface area contributed by atoms with Crippen LogP contribution in [0.25, 0.3) is 11.3 Å². The molecular formula is C19H23BrN2O4S. The maximum atomic E-state index is 12.8. The zero-order chi connectivity index (χ0) is 19.1. The number of rotatable bonds is 9. The number of carbonyl (C=O) groups excluding carboxylic acids is 1. The Morgan fingerprint density at radius 1 is 1.37 bits per heavy atom. The van der Waals surface area contributed by atoms with Crippen molar-refractivity contribution in [3.05, 3.63) is 34.1 Å². The lowest BCUT2D eigenvalue weighted by atomic mass is 10.2. The van der Waals surface area contributed by atoms with E-state index in [1.54, 1.807) is 12.0 Å². The van der Waals surface area contributed by atoms with Gasteiger partial charge in [0.25, 0.3) is 5.91 Å². The molecule has 1 fully saturated rings. The number of halogens is 1. The molecule has 0 saturated carbocycles. The Morgan fingerprint density at radius 3 is 2.89 bits per heavy atom. The van der Waals surface area contributed by atoms with Crippen molar-refractivity contribution in [3.63, 3.8) is 0 Å². The summed E-state index contributed by atoms with van der Waals surface area (Å²) in [5.74, 6) is -0.113. The molecule has 2 aromatic rings. The summed E-state index contributed by atoms with van der Waals surface area (Å²) in [6.07, 6.45) is 2.03. The van der Waals surface area contributed by atoms with E-state index in [1.807, 2.05) is 29.6 Å². The summed E-state index contributed by atoms with van der Waals surface area (Å²) in [5, 5.41) is 2.64. The average molecular weight is 455 g/mol. The summed E-state index contributed by atoms with van der Waals surface area (Å²) in [5.41, 5.74) is 1.87. The third-order valence-electron chi connectivity index (χ3n) is 4.23. The molecule has 1 aromatic heterocycles. The quantitative estimate of drug-likeness (QED) is 0.539. The first-order chi connectivity index (χ1) is 13.2. The van der Waals surface area contributed by atoms with E-state index in [0.29, 0.717) is 24.9 Å². The summed E-state index contributed by atoms with van der Waals surface area (Å²) >= 11 is 4.90. The van der Waals surface area contributed by atoms with E-state index in [9.17, 15) is 4.79 Å². The van der Waals surface area contributed by atoms with E-state index in [0.717, 1.165) is 35.2 Å². The molecule has 0 aliphatic carbocycles. The molecular weight excluding hydrogens is 432 g/mol. The number of nitrogens with zero attached hydrogens (tertiary/aromatic N) is 2. The minimum atomic E-state index is -0.113. The molecule has 2 heterocycles. The Balaban J connectivity index is 1.73. The van der Waals surface area contributed by atoms with Crippen molar-refractivity contribution in [1.82, 2.24) is 4.98 Å². The number of ether oxygens (including phenoxy) is 3. The zero-order valence-electron chi connectivity index (χ0n) is 15.2. The summed E-state index contributed by atoms with van der Waals surface area (Å²) in [6, 6.07) is 7.96. The Hall–Kier alpha value is -1.32. The first kappa shape index (κ1) is 20.4. The predicted octanol–water partition coefficient (Wildman–Crippen LogP) is 3.75. The van der Waals surface area contributed by atoms with Crippen LogP contribution in [0.3, 0.4) is 0 Å². The van der Waals surface area contributed by atoms with Gasteiger partial charge in [0.2, 0.25) is 0 Å². The van der Waals surface area contributed by atoms with Gasteiger partial charge in [0.15, 0.2) is 5.13 Å². The number of aromatic nitrogens is 1. The monoisotopic (exact) mass is 454 g/mol. The molecule has 3 rings (SSSR count). The van der Waals surface area contributed by atoms with Crippen molar-refractivity contribution in [2.75, 3.05) is 45.0 Å². The lowest BCUT2D eigenvalue weighted by molar-refractivity contribution is -0.123. The number of hydrogen-bond donors (Lipinski definition) is 0. The predicted molar refractivity (Wildman–Crippen MR) is 109 cm³/mol. The van der Waals surface area contributed by atoms with Gasteiger partial charge in [-0.15, -0.1) is 11.3 Å². The maximum absolute atomic E-state index is 12.8. The molecule has 0 radical (unpaired) electrons. The lowest BCUT2D eigenvalue weighted by Crippen LogP contribution is -2.39. The van der Waals surface area contributed by atoms with E-state index in [1.165, 1.54) is 11.3 Å². The van der Waals surface area contributed by atoms with Crippen LogP contribution in [0.2, 0.25) is 0 Å². The van der Waals surface area contributed by atoms with Crippen molar-refractivity contribution >= 4 is 38.3 Å². The fourth-order valence-corrected chi connectivity index (χ4v) is 3.92. The second kappa shape index (κ2) is 10.3. The van der Waals surface area contributed by atoms with Crippen LogP contribution in [0.15, 0.2) is 34.1 Å². The smallest absolute Gasteiger partial charge is 0.254 e. The van der Waals surface area contributed by atoms with Gasteiger partial charge in [0.1, 0.15) is 6.61 Å². The molecule has 8 heteroatoms. The van der Waals surface area contributed by atoms with Gasteiger partial charge in [-0.25, -0.2) is 4.98 Å². The fourth-order valence-electron chi connectivity index (χ4n) is 2.80. The molecule has 1 aliphatic heterocycles. The van der Waals surface area contributed by atoms with Gasteiger partial charge in [0.05, 0.1) is 31.6 Å². The van der Waals surface area contributed by atoms with Gasteiger partial charge in [-0.3, -0.25) is 9.69 Å². The molecule has 1 unspecified atom stereocenters. The first-order valence-corrected chi connectivity index (χ1v) is 10.5. The molecule has 0 bridgehead atoms. The summed E-state index contributed by atoms with van der Waals surface area (Å²) < 4.78 is 17.1. The lowest BCUT2D eigenvalue weighted by Gasteiger charge is -2.23. The van der Waals surface area contributed by atoms with Crippen LogP contribution in [-0.4, -0.2) is 57.1 Å². The van der Waals surface area contributed by atoms with Gasteiger partial charge >= 0.3 is 0 Å². The van der Waals surface area contributed by atoms with Crippen LogP contribution < -0.4 is 4.90 Å². The minimum absolute atomic E-state index is 0.00325. The van der Waals surface area contributed by atoms with E-state index in [-0.39, 0.29) is 18.6 Å². The summed E-state index contributed by atoms with van der Waals surface area (Å²) in [4.78, 5) is 19.1. The number of thiazole rings is 1. The molecule has 0 spiro atoms. The molecule has 0 N–H and O–H groups in total. The molecule has 6 nitrogen and oxygen atoms in total. The highest BCUT2D eigenvalue weighted by molar-refractivity contribution is 9.10. The van der Waals surface area contributed by atoms with Crippen LogP contribution in [0.4, 0.5) is 5.13 Å².